The highest BCUT2D eigenvalue weighted by Gasteiger charge is 2.18. The van der Waals surface area contributed by atoms with Gasteiger partial charge >= 0.3 is 12.0 Å². The number of aryl methyl sites for hydroxylation is 2. The highest BCUT2D eigenvalue weighted by molar-refractivity contribution is 7.11. The fourth-order valence-corrected chi connectivity index (χ4v) is 2.88. The summed E-state index contributed by atoms with van der Waals surface area (Å²) in [5.74, 6) is -0.917. The minimum absolute atomic E-state index is 0.0724. The second-order valence-corrected chi connectivity index (χ2v) is 5.96. The van der Waals surface area contributed by atoms with Gasteiger partial charge in [0.25, 0.3) is 0 Å². The summed E-state index contributed by atoms with van der Waals surface area (Å²) in [6.45, 7) is 7.56. The molecule has 1 aromatic heterocycles. The minimum Gasteiger partial charge on any atom is -0.481 e. The Morgan fingerprint density at radius 3 is 2.45 bits per heavy atom. The molecule has 0 radical (unpaired) electrons. The van der Waals surface area contributed by atoms with E-state index in [0.717, 1.165) is 15.6 Å². The third kappa shape index (κ3) is 4.80. The molecular formula is C13H21N3O3S. The van der Waals surface area contributed by atoms with Gasteiger partial charge in [-0.3, -0.25) is 4.79 Å². The molecule has 2 atom stereocenters. The lowest BCUT2D eigenvalue weighted by Gasteiger charge is -2.18. The van der Waals surface area contributed by atoms with E-state index in [-0.39, 0.29) is 24.5 Å². The van der Waals surface area contributed by atoms with E-state index in [9.17, 15) is 9.59 Å². The van der Waals surface area contributed by atoms with Gasteiger partial charge in [-0.15, -0.1) is 11.3 Å². The maximum Gasteiger partial charge on any atom is 0.315 e. The molecule has 2 unspecified atom stereocenters. The molecule has 20 heavy (non-hydrogen) atoms. The van der Waals surface area contributed by atoms with Crippen molar-refractivity contribution in [3.05, 3.63) is 15.6 Å². The molecule has 0 aliphatic rings. The summed E-state index contributed by atoms with van der Waals surface area (Å²) >= 11 is 1.55. The summed E-state index contributed by atoms with van der Waals surface area (Å²) in [5, 5.41) is 15.2. The number of carbonyl (C=O) groups excluding carboxylic acids is 1. The van der Waals surface area contributed by atoms with Crippen LogP contribution in [0, 0.1) is 13.8 Å². The van der Waals surface area contributed by atoms with Crippen LogP contribution in [-0.2, 0) is 4.79 Å². The Morgan fingerprint density at radius 1 is 1.35 bits per heavy atom. The highest BCUT2D eigenvalue weighted by atomic mass is 32.1. The summed E-state index contributed by atoms with van der Waals surface area (Å²) < 4.78 is 0. The zero-order valence-electron chi connectivity index (χ0n) is 12.2. The number of nitrogens with zero attached hydrogens (tertiary/aromatic N) is 1. The van der Waals surface area contributed by atoms with Gasteiger partial charge in [0.05, 0.1) is 23.2 Å². The van der Waals surface area contributed by atoms with Crippen LogP contribution in [0.15, 0.2) is 0 Å². The number of thiazole rings is 1. The van der Waals surface area contributed by atoms with Gasteiger partial charge in [-0.05, 0) is 27.2 Å². The third-order valence-corrected chi connectivity index (χ3v) is 4.18. The average molecular weight is 299 g/mol. The summed E-state index contributed by atoms with van der Waals surface area (Å²) in [6, 6.07) is -0.858. The van der Waals surface area contributed by atoms with Gasteiger partial charge in [-0.2, -0.15) is 0 Å². The Hall–Kier alpha value is -1.63. The molecule has 1 rings (SSSR count). The number of nitrogens with one attached hydrogen (secondary N) is 2. The van der Waals surface area contributed by atoms with Crippen LogP contribution in [0.25, 0.3) is 0 Å². The first-order valence-corrected chi connectivity index (χ1v) is 7.37. The standard InChI is InChI=1S/C13H21N3O3S/c1-5-10(6-11(17)18)16-13(19)15-8(3)12-7(2)14-9(4)20-12/h8,10H,5-6H2,1-4H3,(H,17,18)(H2,15,16,19). The Bertz CT molecular complexity index is 487. The van der Waals surface area contributed by atoms with Gasteiger partial charge in [-0.1, -0.05) is 6.92 Å². The number of rotatable bonds is 6. The molecule has 0 fully saturated rings. The van der Waals surface area contributed by atoms with E-state index >= 15 is 0 Å². The molecule has 0 saturated carbocycles. The average Bonchev–Trinajstić information content (AvgIpc) is 2.66. The van der Waals surface area contributed by atoms with Crippen LogP contribution in [0.5, 0.6) is 0 Å². The summed E-state index contributed by atoms with van der Waals surface area (Å²) in [7, 11) is 0. The van der Waals surface area contributed by atoms with E-state index in [1.165, 1.54) is 0 Å². The summed E-state index contributed by atoms with van der Waals surface area (Å²) in [6.07, 6.45) is 0.504. The second kappa shape index (κ2) is 7.23. The Balaban J connectivity index is 2.57. The van der Waals surface area contributed by atoms with Crippen molar-refractivity contribution in [3.8, 4) is 0 Å². The van der Waals surface area contributed by atoms with Crippen molar-refractivity contribution in [2.45, 2.75) is 52.6 Å². The van der Waals surface area contributed by atoms with Crippen LogP contribution in [-0.4, -0.2) is 28.1 Å². The number of amides is 2. The lowest BCUT2D eigenvalue weighted by Crippen LogP contribution is -2.43. The largest absolute Gasteiger partial charge is 0.481 e. The zero-order valence-corrected chi connectivity index (χ0v) is 13.0. The first kappa shape index (κ1) is 16.4. The quantitative estimate of drug-likeness (QED) is 0.752. The van der Waals surface area contributed by atoms with Crippen LogP contribution in [0.4, 0.5) is 4.79 Å². The Kier molecular flexibility index (Phi) is 5.94. The van der Waals surface area contributed by atoms with Crippen LogP contribution in [0.2, 0.25) is 0 Å². The number of carbonyl (C=O) groups is 2. The molecule has 0 aliphatic heterocycles. The van der Waals surface area contributed by atoms with Gasteiger partial charge in [0.15, 0.2) is 0 Å². The van der Waals surface area contributed by atoms with Crippen LogP contribution in [0.3, 0.4) is 0 Å². The first-order chi connectivity index (χ1) is 9.33. The molecule has 1 heterocycles. The molecule has 2 amide bonds. The fraction of sp³-hybridized carbons (Fsp3) is 0.615. The van der Waals surface area contributed by atoms with E-state index in [1.807, 2.05) is 27.7 Å². The van der Waals surface area contributed by atoms with Crippen molar-refractivity contribution in [1.82, 2.24) is 15.6 Å². The molecule has 6 nitrogen and oxygen atoms in total. The van der Waals surface area contributed by atoms with Crippen molar-refractivity contribution in [2.24, 2.45) is 0 Å². The van der Waals surface area contributed by atoms with Crippen molar-refractivity contribution in [2.75, 3.05) is 0 Å². The predicted molar refractivity (Wildman–Crippen MR) is 78.0 cm³/mol. The molecular weight excluding hydrogens is 278 g/mol. The highest BCUT2D eigenvalue weighted by Crippen LogP contribution is 2.24. The number of carboxylic acid groups (broad SMARTS) is 1. The molecule has 0 aliphatic carbocycles. The SMILES string of the molecule is CCC(CC(=O)O)NC(=O)NC(C)c1sc(C)nc1C. The van der Waals surface area contributed by atoms with Crippen LogP contribution < -0.4 is 10.6 Å². The van der Waals surface area contributed by atoms with Crippen LogP contribution >= 0.6 is 11.3 Å². The number of urea groups is 1. The van der Waals surface area contributed by atoms with Crippen molar-refractivity contribution < 1.29 is 14.7 Å². The number of carboxylic acids is 1. The van der Waals surface area contributed by atoms with E-state index < -0.39 is 5.97 Å². The van der Waals surface area contributed by atoms with E-state index in [2.05, 4.69) is 15.6 Å². The zero-order chi connectivity index (χ0) is 15.3. The number of hydrogen-bond donors (Lipinski definition) is 3. The van der Waals surface area contributed by atoms with E-state index in [1.54, 1.807) is 11.3 Å². The van der Waals surface area contributed by atoms with Crippen molar-refractivity contribution in [1.29, 1.82) is 0 Å². The Labute approximate surface area is 122 Å². The summed E-state index contributed by atoms with van der Waals surface area (Å²) in [4.78, 5) is 27.9. The third-order valence-electron chi connectivity index (χ3n) is 2.93. The van der Waals surface area contributed by atoms with E-state index in [4.69, 9.17) is 5.11 Å². The lowest BCUT2D eigenvalue weighted by atomic mass is 10.1. The van der Waals surface area contributed by atoms with Gasteiger partial charge in [0, 0.05) is 10.9 Å². The minimum atomic E-state index is -0.917. The second-order valence-electron chi connectivity index (χ2n) is 4.73. The maximum atomic E-state index is 11.9. The monoisotopic (exact) mass is 299 g/mol. The van der Waals surface area contributed by atoms with Gasteiger partial charge in [-0.25, -0.2) is 9.78 Å². The van der Waals surface area contributed by atoms with Crippen molar-refractivity contribution in [3.63, 3.8) is 0 Å². The van der Waals surface area contributed by atoms with Crippen LogP contribution in [0.1, 0.15) is 48.3 Å². The molecule has 0 spiro atoms. The van der Waals surface area contributed by atoms with Crippen molar-refractivity contribution >= 4 is 23.3 Å². The maximum absolute atomic E-state index is 11.9. The number of aliphatic carboxylic acids is 1. The molecule has 0 aromatic carbocycles. The smallest absolute Gasteiger partial charge is 0.315 e. The van der Waals surface area contributed by atoms with Gasteiger partial charge in [0.1, 0.15) is 0 Å². The topological polar surface area (TPSA) is 91.3 Å². The normalized spacial score (nSPS) is 13.6. The van der Waals surface area contributed by atoms with Gasteiger partial charge < -0.3 is 15.7 Å². The molecule has 0 saturated heterocycles. The molecule has 112 valence electrons. The first-order valence-electron chi connectivity index (χ1n) is 6.56. The Morgan fingerprint density at radius 2 is 2.00 bits per heavy atom. The number of hydrogen-bond acceptors (Lipinski definition) is 4. The molecule has 3 N–H and O–H groups in total. The molecule has 0 bridgehead atoms. The molecule has 1 aromatic rings. The lowest BCUT2D eigenvalue weighted by molar-refractivity contribution is -0.137. The predicted octanol–water partition coefficient (Wildman–Crippen LogP) is 2.37. The van der Waals surface area contributed by atoms with E-state index in [0.29, 0.717) is 6.42 Å². The fourth-order valence-electron chi connectivity index (χ4n) is 1.95. The number of aromatic nitrogens is 1. The summed E-state index contributed by atoms with van der Waals surface area (Å²) in [5.41, 5.74) is 0.915. The van der Waals surface area contributed by atoms with Gasteiger partial charge in [0.2, 0.25) is 0 Å². The molecule has 7 heteroatoms.